The number of nitrogens with zero attached hydrogens (tertiary/aromatic N) is 1. The third kappa shape index (κ3) is 4.70. The van der Waals surface area contributed by atoms with Gasteiger partial charge in [-0.3, -0.25) is 4.79 Å². The van der Waals surface area contributed by atoms with Crippen LogP contribution in [0.25, 0.3) is 0 Å². The second kappa shape index (κ2) is 8.15. The topological polar surface area (TPSA) is 52.6 Å². The number of halogens is 2. The molecule has 0 spiro atoms. The quantitative estimate of drug-likeness (QED) is 0.818. The molecule has 27 heavy (non-hydrogen) atoms. The van der Waals surface area contributed by atoms with E-state index in [1.54, 1.807) is 0 Å². The Kier molecular flexibility index (Phi) is 5.87. The van der Waals surface area contributed by atoms with Crippen molar-refractivity contribution >= 4 is 5.91 Å². The van der Waals surface area contributed by atoms with Gasteiger partial charge in [0, 0.05) is 26.2 Å². The van der Waals surface area contributed by atoms with Gasteiger partial charge in [-0.2, -0.15) is 0 Å². The first-order valence-corrected chi connectivity index (χ1v) is 9.09. The SMILES string of the molecule is Cc1ccc(CNC[C@@]2(O)CCCN(Cc3ccc(F)c(F)c3)C2=O)cc1. The number of piperidine rings is 1. The smallest absolute Gasteiger partial charge is 0.256 e. The van der Waals surface area contributed by atoms with E-state index in [4.69, 9.17) is 0 Å². The van der Waals surface area contributed by atoms with Crippen LogP contribution in [-0.4, -0.2) is 34.6 Å². The van der Waals surface area contributed by atoms with Gasteiger partial charge in [0.05, 0.1) is 0 Å². The Labute approximate surface area is 157 Å². The molecule has 0 saturated carbocycles. The summed E-state index contributed by atoms with van der Waals surface area (Å²) in [6.45, 7) is 3.35. The second-order valence-electron chi connectivity index (χ2n) is 7.20. The first kappa shape index (κ1) is 19.5. The number of aryl methyl sites for hydroxylation is 1. The van der Waals surface area contributed by atoms with Crippen LogP contribution in [0, 0.1) is 18.6 Å². The minimum Gasteiger partial charge on any atom is -0.379 e. The molecule has 1 saturated heterocycles. The van der Waals surface area contributed by atoms with Crippen LogP contribution in [0.15, 0.2) is 42.5 Å². The normalized spacial score (nSPS) is 20.1. The van der Waals surface area contributed by atoms with Crippen LogP contribution in [0.3, 0.4) is 0 Å². The molecule has 1 aliphatic heterocycles. The molecule has 0 radical (unpaired) electrons. The van der Waals surface area contributed by atoms with Gasteiger partial charge >= 0.3 is 0 Å². The molecule has 2 aromatic rings. The lowest BCUT2D eigenvalue weighted by Crippen LogP contribution is -2.57. The van der Waals surface area contributed by atoms with Gasteiger partial charge in [0.25, 0.3) is 5.91 Å². The Morgan fingerprint density at radius 1 is 1.11 bits per heavy atom. The monoisotopic (exact) mass is 374 g/mol. The number of amides is 1. The number of nitrogens with one attached hydrogen (secondary N) is 1. The summed E-state index contributed by atoms with van der Waals surface area (Å²) in [5.41, 5.74) is 1.26. The lowest BCUT2D eigenvalue weighted by molar-refractivity contribution is -0.157. The van der Waals surface area contributed by atoms with E-state index in [1.807, 2.05) is 31.2 Å². The predicted octanol–water partition coefficient (Wildman–Crippen LogP) is 2.92. The average molecular weight is 374 g/mol. The van der Waals surface area contributed by atoms with Crippen LogP contribution in [0.2, 0.25) is 0 Å². The van der Waals surface area contributed by atoms with Gasteiger partial charge in [-0.1, -0.05) is 35.9 Å². The molecule has 0 unspecified atom stereocenters. The summed E-state index contributed by atoms with van der Waals surface area (Å²) in [6.07, 6.45) is 1.03. The molecule has 1 aliphatic rings. The zero-order valence-corrected chi connectivity index (χ0v) is 15.3. The molecule has 1 atom stereocenters. The van der Waals surface area contributed by atoms with Crippen molar-refractivity contribution in [2.45, 2.75) is 38.5 Å². The van der Waals surface area contributed by atoms with E-state index in [2.05, 4.69) is 5.32 Å². The van der Waals surface area contributed by atoms with E-state index in [0.717, 1.165) is 17.7 Å². The van der Waals surface area contributed by atoms with Gasteiger partial charge in [0.1, 0.15) is 0 Å². The van der Waals surface area contributed by atoms with Crippen molar-refractivity contribution in [3.8, 4) is 0 Å². The number of carbonyl (C=O) groups is 1. The molecule has 4 nitrogen and oxygen atoms in total. The number of aliphatic hydroxyl groups is 1. The van der Waals surface area contributed by atoms with Crippen LogP contribution in [-0.2, 0) is 17.9 Å². The highest BCUT2D eigenvalue weighted by Crippen LogP contribution is 2.24. The van der Waals surface area contributed by atoms with E-state index in [1.165, 1.54) is 16.5 Å². The third-order valence-electron chi connectivity index (χ3n) is 4.93. The molecule has 144 valence electrons. The van der Waals surface area contributed by atoms with E-state index < -0.39 is 17.2 Å². The summed E-state index contributed by atoms with van der Waals surface area (Å²) < 4.78 is 26.5. The molecular weight excluding hydrogens is 350 g/mol. The Bertz CT molecular complexity index is 810. The molecule has 6 heteroatoms. The highest BCUT2D eigenvalue weighted by Gasteiger charge is 2.41. The summed E-state index contributed by atoms with van der Waals surface area (Å²) in [5.74, 6) is -2.23. The average Bonchev–Trinajstić information content (AvgIpc) is 2.64. The van der Waals surface area contributed by atoms with E-state index in [-0.39, 0.29) is 19.0 Å². The summed E-state index contributed by atoms with van der Waals surface area (Å²) in [5, 5.41) is 14.0. The number of carbonyl (C=O) groups excluding carboxylic acids is 1. The lowest BCUT2D eigenvalue weighted by Gasteiger charge is -2.38. The molecule has 0 bridgehead atoms. The van der Waals surface area contributed by atoms with Crippen LogP contribution < -0.4 is 5.32 Å². The molecular formula is C21H24F2N2O2. The van der Waals surface area contributed by atoms with Crippen molar-refractivity contribution in [1.29, 1.82) is 0 Å². The minimum absolute atomic E-state index is 0.147. The van der Waals surface area contributed by atoms with Crippen LogP contribution in [0.5, 0.6) is 0 Å². The van der Waals surface area contributed by atoms with Crippen molar-refractivity contribution in [2.75, 3.05) is 13.1 Å². The second-order valence-corrected chi connectivity index (χ2v) is 7.20. The molecule has 2 aromatic carbocycles. The minimum atomic E-state index is -1.48. The first-order valence-electron chi connectivity index (χ1n) is 9.09. The predicted molar refractivity (Wildman–Crippen MR) is 98.8 cm³/mol. The van der Waals surface area contributed by atoms with E-state index in [9.17, 15) is 18.7 Å². The molecule has 0 aromatic heterocycles. The van der Waals surface area contributed by atoms with E-state index in [0.29, 0.717) is 31.5 Å². The number of benzene rings is 2. The fourth-order valence-corrected chi connectivity index (χ4v) is 3.36. The summed E-state index contributed by atoms with van der Waals surface area (Å²) >= 11 is 0. The number of hydrogen-bond acceptors (Lipinski definition) is 3. The summed E-state index contributed by atoms with van der Waals surface area (Å²) in [4.78, 5) is 14.3. The Morgan fingerprint density at radius 3 is 2.52 bits per heavy atom. The van der Waals surface area contributed by atoms with Crippen molar-refractivity contribution in [3.63, 3.8) is 0 Å². The standard InChI is InChI=1S/C21H24F2N2O2/c1-15-3-5-16(6-4-15)12-24-14-21(27)9-2-10-25(20(21)26)13-17-7-8-18(22)19(23)11-17/h3-8,11,24,27H,2,9-10,12-14H2,1H3/t21-/m0/s1. The fourth-order valence-electron chi connectivity index (χ4n) is 3.36. The van der Waals surface area contributed by atoms with Gasteiger partial charge in [-0.25, -0.2) is 8.78 Å². The molecule has 2 N–H and O–H groups in total. The van der Waals surface area contributed by atoms with E-state index >= 15 is 0 Å². The summed E-state index contributed by atoms with van der Waals surface area (Å²) in [7, 11) is 0. The Hall–Kier alpha value is -2.31. The number of hydrogen-bond donors (Lipinski definition) is 2. The summed E-state index contributed by atoms with van der Waals surface area (Å²) in [6, 6.07) is 11.6. The fraction of sp³-hybridized carbons (Fsp3) is 0.381. The zero-order valence-electron chi connectivity index (χ0n) is 15.3. The van der Waals surface area contributed by atoms with Crippen LogP contribution in [0.4, 0.5) is 8.78 Å². The van der Waals surface area contributed by atoms with Crippen molar-refractivity contribution in [1.82, 2.24) is 10.2 Å². The highest BCUT2D eigenvalue weighted by molar-refractivity contribution is 5.86. The molecule has 1 amide bonds. The number of rotatable bonds is 6. The lowest BCUT2D eigenvalue weighted by atomic mass is 9.91. The zero-order chi connectivity index (χ0) is 19.4. The van der Waals surface area contributed by atoms with Crippen molar-refractivity contribution in [2.24, 2.45) is 0 Å². The van der Waals surface area contributed by atoms with Gasteiger partial charge in [-0.05, 0) is 43.0 Å². The molecule has 1 heterocycles. The van der Waals surface area contributed by atoms with Crippen molar-refractivity contribution in [3.05, 3.63) is 70.8 Å². The van der Waals surface area contributed by atoms with Gasteiger partial charge < -0.3 is 15.3 Å². The van der Waals surface area contributed by atoms with Crippen LogP contribution >= 0.6 is 0 Å². The maximum Gasteiger partial charge on any atom is 0.256 e. The number of likely N-dealkylation sites (tertiary alicyclic amines) is 1. The van der Waals surface area contributed by atoms with Crippen molar-refractivity contribution < 1.29 is 18.7 Å². The van der Waals surface area contributed by atoms with Gasteiger partial charge in [0.2, 0.25) is 0 Å². The maximum absolute atomic E-state index is 13.4. The highest BCUT2D eigenvalue weighted by atomic mass is 19.2. The Morgan fingerprint density at radius 2 is 1.81 bits per heavy atom. The van der Waals surface area contributed by atoms with Gasteiger partial charge in [0.15, 0.2) is 17.2 Å². The Balaban J connectivity index is 1.60. The molecule has 0 aliphatic carbocycles. The largest absolute Gasteiger partial charge is 0.379 e. The van der Waals surface area contributed by atoms with Crippen LogP contribution in [0.1, 0.15) is 29.5 Å². The molecule has 3 rings (SSSR count). The van der Waals surface area contributed by atoms with Gasteiger partial charge in [-0.15, -0.1) is 0 Å². The maximum atomic E-state index is 13.4. The first-order chi connectivity index (χ1) is 12.9. The molecule has 1 fully saturated rings. The third-order valence-corrected chi connectivity index (χ3v) is 4.93.